The molecule has 2 fully saturated rings. The molecule has 5 N–H and O–H groups in total. The Balaban J connectivity index is 1.21. The molecule has 1 saturated heterocycles. The van der Waals surface area contributed by atoms with Gasteiger partial charge in [0.05, 0.1) is 45.5 Å². The molecule has 34 heavy (non-hydrogen) atoms. The van der Waals surface area contributed by atoms with E-state index in [2.05, 4.69) is 37.6 Å². The normalized spacial score (nSPS) is 17.8. The van der Waals surface area contributed by atoms with E-state index >= 15 is 0 Å². The molecule has 178 valence electrons. The SMILES string of the molecule is N=C(SC(N)Nc1ccc2ncc(Nc3ccc(CN4CCCC4)nc3)cc2n1)C1CCCC1. The van der Waals surface area contributed by atoms with Crippen molar-refractivity contribution in [2.75, 3.05) is 23.7 Å². The van der Waals surface area contributed by atoms with Gasteiger partial charge < -0.3 is 16.4 Å². The molecule has 9 heteroatoms. The van der Waals surface area contributed by atoms with Crippen molar-refractivity contribution in [2.45, 2.75) is 50.6 Å². The second-order valence-corrected chi connectivity index (χ2v) is 10.3. The summed E-state index contributed by atoms with van der Waals surface area (Å²) in [4.78, 5) is 16.3. The fourth-order valence-electron chi connectivity index (χ4n) is 4.68. The molecule has 1 saturated carbocycles. The molecule has 0 amide bonds. The summed E-state index contributed by atoms with van der Waals surface area (Å²) < 4.78 is 0. The van der Waals surface area contributed by atoms with Gasteiger partial charge in [0.15, 0.2) is 0 Å². The maximum Gasteiger partial charge on any atom is 0.130 e. The molecule has 3 aromatic rings. The molecule has 0 aromatic carbocycles. The number of nitrogens with one attached hydrogen (secondary N) is 3. The quantitative estimate of drug-likeness (QED) is 0.206. The van der Waals surface area contributed by atoms with Crippen molar-refractivity contribution < 1.29 is 0 Å². The predicted octanol–water partition coefficient (Wildman–Crippen LogP) is 4.92. The fraction of sp³-hybridized carbons (Fsp3) is 0.440. The Morgan fingerprint density at radius 3 is 2.59 bits per heavy atom. The number of rotatable bonds is 8. The van der Waals surface area contributed by atoms with Gasteiger partial charge in [-0.25, -0.2) is 4.98 Å². The molecule has 4 heterocycles. The number of anilines is 3. The molecule has 1 unspecified atom stereocenters. The highest BCUT2D eigenvalue weighted by molar-refractivity contribution is 8.14. The van der Waals surface area contributed by atoms with Gasteiger partial charge in [0.1, 0.15) is 11.3 Å². The van der Waals surface area contributed by atoms with Crippen LogP contribution in [0.3, 0.4) is 0 Å². The van der Waals surface area contributed by atoms with Gasteiger partial charge >= 0.3 is 0 Å². The number of hydrogen-bond acceptors (Lipinski definition) is 9. The monoisotopic (exact) mass is 476 g/mol. The first kappa shape index (κ1) is 23.0. The number of hydrogen-bond donors (Lipinski definition) is 4. The fourth-order valence-corrected chi connectivity index (χ4v) is 5.56. The molecular formula is C25H32N8S. The van der Waals surface area contributed by atoms with Gasteiger partial charge in [0.2, 0.25) is 0 Å². The summed E-state index contributed by atoms with van der Waals surface area (Å²) in [7, 11) is 0. The molecule has 1 aliphatic carbocycles. The Morgan fingerprint density at radius 2 is 1.82 bits per heavy atom. The van der Waals surface area contributed by atoms with Gasteiger partial charge in [0.25, 0.3) is 0 Å². The van der Waals surface area contributed by atoms with E-state index in [1.807, 2.05) is 24.4 Å². The lowest BCUT2D eigenvalue weighted by Crippen LogP contribution is -2.29. The van der Waals surface area contributed by atoms with Crippen LogP contribution in [-0.4, -0.2) is 43.5 Å². The summed E-state index contributed by atoms with van der Waals surface area (Å²) >= 11 is 1.38. The summed E-state index contributed by atoms with van der Waals surface area (Å²) in [6.45, 7) is 3.25. The Morgan fingerprint density at radius 1 is 1.03 bits per heavy atom. The second-order valence-electron chi connectivity index (χ2n) is 9.13. The standard InChI is InChI=1S/C25H32N8S/c26-24(17-5-1-2-6-17)34-25(27)32-23-10-9-21-22(31-23)13-20(15-29-21)30-18-7-8-19(28-14-18)16-33-11-3-4-12-33/h7-10,13-15,17,25-26,30H,1-6,11-12,16,27H2,(H,31,32). The van der Waals surface area contributed by atoms with Crippen molar-refractivity contribution in [3.8, 4) is 0 Å². The number of aromatic nitrogens is 3. The zero-order chi connectivity index (χ0) is 23.3. The van der Waals surface area contributed by atoms with Crippen molar-refractivity contribution in [2.24, 2.45) is 11.7 Å². The van der Waals surface area contributed by atoms with Crippen molar-refractivity contribution >= 4 is 45.0 Å². The topological polar surface area (TPSA) is 116 Å². The minimum atomic E-state index is -0.405. The average Bonchev–Trinajstić information content (AvgIpc) is 3.55. The number of likely N-dealkylation sites (tertiary alicyclic amines) is 1. The van der Waals surface area contributed by atoms with E-state index in [1.165, 1.54) is 50.5 Å². The van der Waals surface area contributed by atoms with Crippen LogP contribution in [0.5, 0.6) is 0 Å². The maximum absolute atomic E-state index is 8.31. The van der Waals surface area contributed by atoms with Gasteiger partial charge in [-0.15, -0.1) is 0 Å². The Hall–Kier alpha value is -2.75. The number of nitrogens with zero attached hydrogens (tertiary/aromatic N) is 4. The maximum atomic E-state index is 8.31. The Bertz CT molecular complexity index is 1120. The minimum Gasteiger partial charge on any atom is -0.353 e. The zero-order valence-corrected chi connectivity index (χ0v) is 20.2. The predicted molar refractivity (Wildman–Crippen MR) is 140 cm³/mol. The lowest BCUT2D eigenvalue weighted by atomic mass is 10.1. The summed E-state index contributed by atoms with van der Waals surface area (Å²) in [6, 6.07) is 9.93. The molecule has 8 nitrogen and oxygen atoms in total. The van der Waals surface area contributed by atoms with Crippen LogP contribution in [0.4, 0.5) is 17.2 Å². The highest BCUT2D eigenvalue weighted by Crippen LogP contribution is 2.30. The zero-order valence-electron chi connectivity index (χ0n) is 19.3. The highest BCUT2D eigenvalue weighted by Gasteiger charge is 2.22. The Labute approximate surface area is 204 Å². The van der Waals surface area contributed by atoms with Crippen LogP contribution >= 0.6 is 11.8 Å². The van der Waals surface area contributed by atoms with Gasteiger partial charge in [-0.2, -0.15) is 0 Å². The average molecular weight is 477 g/mol. The Kier molecular flexibility index (Phi) is 7.22. The molecule has 2 aliphatic rings. The van der Waals surface area contributed by atoms with E-state index in [0.717, 1.165) is 47.5 Å². The van der Waals surface area contributed by atoms with Crippen LogP contribution in [0.2, 0.25) is 0 Å². The van der Waals surface area contributed by atoms with Crippen LogP contribution in [0.15, 0.2) is 42.7 Å². The van der Waals surface area contributed by atoms with Crippen molar-refractivity contribution in [3.63, 3.8) is 0 Å². The highest BCUT2D eigenvalue weighted by atomic mass is 32.2. The molecule has 1 aliphatic heterocycles. The van der Waals surface area contributed by atoms with E-state index in [9.17, 15) is 0 Å². The number of pyridine rings is 3. The van der Waals surface area contributed by atoms with E-state index in [4.69, 9.17) is 16.1 Å². The van der Waals surface area contributed by atoms with Crippen LogP contribution in [-0.2, 0) is 6.54 Å². The first-order valence-electron chi connectivity index (χ1n) is 12.1. The third-order valence-corrected chi connectivity index (χ3v) is 7.46. The largest absolute Gasteiger partial charge is 0.353 e. The second kappa shape index (κ2) is 10.7. The van der Waals surface area contributed by atoms with Crippen molar-refractivity contribution in [3.05, 3.63) is 48.4 Å². The molecule has 0 spiro atoms. The van der Waals surface area contributed by atoms with E-state index in [1.54, 1.807) is 6.20 Å². The third-order valence-electron chi connectivity index (χ3n) is 6.51. The molecule has 1 atom stereocenters. The van der Waals surface area contributed by atoms with Crippen molar-refractivity contribution in [1.29, 1.82) is 5.41 Å². The number of nitrogens with two attached hydrogens (primary N) is 1. The van der Waals surface area contributed by atoms with Gasteiger partial charge in [-0.3, -0.25) is 20.3 Å². The molecule has 0 radical (unpaired) electrons. The summed E-state index contributed by atoms with van der Waals surface area (Å²) in [5.41, 5.74) is 10.3. The van der Waals surface area contributed by atoms with Crippen LogP contribution in [0.1, 0.15) is 44.2 Å². The summed E-state index contributed by atoms with van der Waals surface area (Å²) in [5.74, 6) is 1.04. The van der Waals surface area contributed by atoms with E-state index < -0.39 is 5.50 Å². The van der Waals surface area contributed by atoms with E-state index in [0.29, 0.717) is 16.8 Å². The van der Waals surface area contributed by atoms with Crippen LogP contribution in [0, 0.1) is 11.3 Å². The molecule has 3 aromatic heterocycles. The van der Waals surface area contributed by atoms with Crippen LogP contribution < -0.4 is 16.4 Å². The van der Waals surface area contributed by atoms with Crippen molar-refractivity contribution in [1.82, 2.24) is 19.9 Å². The van der Waals surface area contributed by atoms with Gasteiger partial charge in [-0.05, 0) is 69.1 Å². The lowest BCUT2D eigenvalue weighted by molar-refractivity contribution is 0.327. The van der Waals surface area contributed by atoms with E-state index in [-0.39, 0.29) is 0 Å². The first-order valence-corrected chi connectivity index (χ1v) is 13.0. The molecular weight excluding hydrogens is 444 g/mol. The number of fused-ring (bicyclic) bond motifs is 1. The molecule has 5 rings (SSSR count). The van der Waals surface area contributed by atoms with Gasteiger partial charge in [-0.1, -0.05) is 24.6 Å². The van der Waals surface area contributed by atoms with Gasteiger partial charge in [0, 0.05) is 12.5 Å². The minimum absolute atomic E-state index is 0.365. The van der Waals surface area contributed by atoms with Crippen LogP contribution in [0.25, 0.3) is 11.0 Å². The third kappa shape index (κ3) is 5.84. The smallest absolute Gasteiger partial charge is 0.130 e. The summed E-state index contributed by atoms with van der Waals surface area (Å²) in [5, 5.41) is 15.6. The number of thioether (sulfide) groups is 1. The lowest BCUT2D eigenvalue weighted by Gasteiger charge is -2.17. The first-order chi connectivity index (χ1) is 16.6. The summed E-state index contributed by atoms with van der Waals surface area (Å²) in [6.07, 6.45) is 10.9. The molecule has 0 bridgehead atoms.